The first-order chi connectivity index (χ1) is 8.30. The Balaban J connectivity index is 3.38. The molecule has 0 saturated heterocycles. The lowest BCUT2D eigenvalue weighted by molar-refractivity contribution is 0.606. The molecule has 0 aliphatic carbocycles. The molecule has 0 aliphatic rings. The van der Waals surface area contributed by atoms with Crippen LogP contribution in [0.3, 0.4) is 0 Å². The van der Waals surface area contributed by atoms with Crippen molar-refractivity contribution in [3.8, 4) is 0 Å². The van der Waals surface area contributed by atoms with E-state index < -0.39 is 10.0 Å². The highest BCUT2D eigenvalue weighted by molar-refractivity contribution is 7.92. The van der Waals surface area contributed by atoms with Gasteiger partial charge in [-0.15, -0.1) is 0 Å². The van der Waals surface area contributed by atoms with Gasteiger partial charge in [-0.1, -0.05) is 0 Å². The first kappa shape index (κ1) is 14.6. The lowest BCUT2D eigenvalue weighted by Gasteiger charge is -2.26. The molecule has 0 heterocycles. The van der Waals surface area contributed by atoms with Crippen LogP contribution in [0, 0.1) is 6.92 Å². The van der Waals surface area contributed by atoms with Crippen LogP contribution >= 0.6 is 0 Å². The van der Waals surface area contributed by atoms with Crippen molar-refractivity contribution in [2.75, 3.05) is 34.7 Å². The largest absolute Gasteiger partial charge is 0.398 e. The zero-order valence-electron chi connectivity index (χ0n) is 11.3. The molecule has 102 valence electrons. The van der Waals surface area contributed by atoms with Gasteiger partial charge in [0.15, 0.2) is 0 Å². The number of hydrogen-bond donors (Lipinski definition) is 2. The maximum atomic E-state index is 11.4. The van der Waals surface area contributed by atoms with Crippen LogP contribution in [0.5, 0.6) is 0 Å². The zero-order valence-corrected chi connectivity index (χ0v) is 12.1. The van der Waals surface area contributed by atoms with Crippen LogP contribution in [0.15, 0.2) is 12.1 Å². The van der Waals surface area contributed by atoms with Gasteiger partial charge in [0, 0.05) is 18.8 Å². The summed E-state index contributed by atoms with van der Waals surface area (Å²) >= 11 is 0. The van der Waals surface area contributed by atoms with E-state index in [1.807, 2.05) is 26.8 Å². The quantitative estimate of drug-likeness (QED) is 0.801. The summed E-state index contributed by atoms with van der Waals surface area (Å²) in [5, 5.41) is 0. The van der Waals surface area contributed by atoms with E-state index in [1.165, 1.54) is 0 Å². The van der Waals surface area contributed by atoms with Gasteiger partial charge in [0.1, 0.15) is 0 Å². The van der Waals surface area contributed by atoms with Crippen molar-refractivity contribution in [2.24, 2.45) is 0 Å². The second-order valence-electron chi connectivity index (χ2n) is 4.22. The molecule has 0 bridgehead atoms. The number of nitrogens with zero attached hydrogens (tertiary/aromatic N) is 1. The summed E-state index contributed by atoms with van der Waals surface area (Å²) in [4.78, 5) is 2.08. The first-order valence-corrected chi connectivity index (χ1v) is 7.81. The number of sulfonamides is 1. The number of benzene rings is 1. The Kier molecular flexibility index (Phi) is 4.45. The van der Waals surface area contributed by atoms with Gasteiger partial charge in [0.25, 0.3) is 0 Å². The summed E-state index contributed by atoms with van der Waals surface area (Å²) in [6.07, 6.45) is 1.14. The van der Waals surface area contributed by atoms with Gasteiger partial charge in [-0.25, -0.2) is 8.42 Å². The normalized spacial score (nSPS) is 11.3. The number of hydrogen-bond acceptors (Lipinski definition) is 4. The average molecular weight is 271 g/mol. The summed E-state index contributed by atoms with van der Waals surface area (Å²) in [5.41, 5.74) is 8.60. The third-order valence-corrected chi connectivity index (χ3v) is 3.45. The van der Waals surface area contributed by atoms with Crippen molar-refractivity contribution in [3.05, 3.63) is 17.7 Å². The van der Waals surface area contributed by atoms with E-state index in [2.05, 4.69) is 9.62 Å². The minimum Gasteiger partial charge on any atom is -0.398 e. The predicted molar refractivity (Wildman–Crippen MR) is 77.6 cm³/mol. The van der Waals surface area contributed by atoms with Crippen molar-refractivity contribution in [1.82, 2.24) is 0 Å². The van der Waals surface area contributed by atoms with E-state index in [-0.39, 0.29) is 0 Å². The minimum atomic E-state index is -3.32. The molecule has 5 nitrogen and oxygen atoms in total. The molecule has 0 radical (unpaired) electrons. The lowest BCUT2D eigenvalue weighted by Crippen LogP contribution is -2.24. The van der Waals surface area contributed by atoms with Crippen LogP contribution in [0.4, 0.5) is 17.1 Å². The fourth-order valence-corrected chi connectivity index (χ4v) is 2.48. The SMILES string of the molecule is CCN(CC)c1ccc(N)c(C)c1NS(C)(=O)=O. The Hall–Kier alpha value is -1.43. The van der Waals surface area contributed by atoms with Gasteiger partial charge in [0.2, 0.25) is 10.0 Å². The van der Waals surface area contributed by atoms with Crippen molar-refractivity contribution in [2.45, 2.75) is 20.8 Å². The van der Waals surface area contributed by atoms with Gasteiger partial charge in [-0.3, -0.25) is 4.72 Å². The Bertz CT molecular complexity index is 522. The lowest BCUT2D eigenvalue weighted by atomic mass is 10.1. The van der Waals surface area contributed by atoms with E-state index in [9.17, 15) is 8.42 Å². The van der Waals surface area contributed by atoms with Gasteiger partial charge in [-0.05, 0) is 38.5 Å². The Morgan fingerprint density at radius 2 is 1.83 bits per heavy atom. The maximum Gasteiger partial charge on any atom is 0.229 e. The predicted octanol–water partition coefficient (Wildman–Crippen LogP) is 1.79. The van der Waals surface area contributed by atoms with Gasteiger partial charge < -0.3 is 10.6 Å². The summed E-state index contributed by atoms with van der Waals surface area (Å²) in [7, 11) is -3.32. The molecular formula is C12H21N3O2S. The van der Waals surface area contributed by atoms with Crippen molar-refractivity contribution < 1.29 is 8.42 Å². The molecule has 1 rings (SSSR count). The molecule has 0 spiro atoms. The van der Waals surface area contributed by atoms with E-state index in [0.29, 0.717) is 11.4 Å². The number of nitrogens with one attached hydrogen (secondary N) is 1. The Morgan fingerprint density at radius 1 is 1.28 bits per heavy atom. The molecule has 1 aromatic rings. The molecule has 0 atom stereocenters. The molecule has 0 unspecified atom stereocenters. The van der Waals surface area contributed by atoms with Crippen molar-refractivity contribution in [1.29, 1.82) is 0 Å². The van der Waals surface area contributed by atoms with Crippen LogP contribution < -0.4 is 15.4 Å². The molecular weight excluding hydrogens is 250 g/mol. The molecule has 3 N–H and O–H groups in total. The van der Waals surface area contributed by atoms with Crippen LogP contribution in [-0.4, -0.2) is 27.8 Å². The summed E-state index contributed by atoms with van der Waals surface area (Å²) in [6.45, 7) is 7.48. The number of anilines is 3. The smallest absolute Gasteiger partial charge is 0.229 e. The van der Waals surface area contributed by atoms with E-state index in [4.69, 9.17) is 5.73 Å². The molecule has 0 fully saturated rings. The standard InChI is InChI=1S/C12H21N3O2S/c1-5-15(6-2)11-8-7-10(13)9(3)12(11)14-18(4,16)17/h7-8,14H,5-6,13H2,1-4H3. The van der Waals surface area contributed by atoms with Crippen LogP contribution in [-0.2, 0) is 10.0 Å². The van der Waals surface area contributed by atoms with E-state index >= 15 is 0 Å². The fourth-order valence-electron chi connectivity index (χ4n) is 1.86. The third kappa shape index (κ3) is 3.29. The molecule has 6 heteroatoms. The molecule has 0 aliphatic heterocycles. The summed E-state index contributed by atoms with van der Waals surface area (Å²) in [6, 6.07) is 3.65. The minimum absolute atomic E-state index is 0.571. The highest BCUT2D eigenvalue weighted by Gasteiger charge is 2.15. The second-order valence-corrected chi connectivity index (χ2v) is 5.97. The molecule has 0 saturated carbocycles. The fraction of sp³-hybridized carbons (Fsp3) is 0.500. The number of rotatable bonds is 5. The Morgan fingerprint density at radius 3 is 2.28 bits per heavy atom. The van der Waals surface area contributed by atoms with Gasteiger partial charge in [0.05, 0.1) is 17.6 Å². The summed E-state index contributed by atoms with van der Waals surface area (Å²) in [5.74, 6) is 0. The van der Waals surface area contributed by atoms with E-state index in [1.54, 1.807) is 6.07 Å². The topological polar surface area (TPSA) is 75.4 Å². The van der Waals surface area contributed by atoms with Crippen molar-refractivity contribution in [3.63, 3.8) is 0 Å². The maximum absolute atomic E-state index is 11.4. The summed E-state index contributed by atoms with van der Waals surface area (Å²) < 4.78 is 25.4. The Labute approximate surface area is 109 Å². The molecule has 18 heavy (non-hydrogen) atoms. The van der Waals surface area contributed by atoms with Crippen LogP contribution in [0.25, 0.3) is 0 Å². The van der Waals surface area contributed by atoms with E-state index in [0.717, 1.165) is 30.6 Å². The third-order valence-electron chi connectivity index (χ3n) is 2.88. The molecule has 0 aromatic heterocycles. The highest BCUT2D eigenvalue weighted by atomic mass is 32.2. The molecule has 1 aromatic carbocycles. The first-order valence-electron chi connectivity index (χ1n) is 5.92. The zero-order chi connectivity index (χ0) is 13.9. The highest BCUT2D eigenvalue weighted by Crippen LogP contribution is 2.33. The number of nitrogens with two attached hydrogens (primary N) is 1. The molecule has 0 amide bonds. The van der Waals surface area contributed by atoms with Gasteiger partial charge >= 0.3 is 0 Å². The number of nitrogen functional groups attached to an aromatic ring is 1. The van der Waals surface area contributed by atoms with Gasteiger partial charge in [-0.2, -0.15) is 0 Å². The van der Waals surface area contributed by atoms with Crippen LogP contribution in [0.2, 0.25) is 0 Å². The van der Waals surface area contributed by atoms with Crippen LogP contribution in [0.1, 0.15) is 19.4 Å². The average Bonchev–Trinajstić information content (AvgIpc) is 2.27. The van der Waals surface area contributed by atoms with Crippen molar-refractivity contribution >= 4 is 27.1 Å². The monoisotopic (exact) mass is 271 g/mol. The second kappa shape index (κ2) is 5.48.